The molecule has 0 rings (SSSR count). The number of hydrogen-bond acceptors (Lipinski definition) is 1. The lowest BCUT2D eigenvalue weighted by molar-refractivity contribution is -0.131. The van der Waals surface area contributed by atoms with Gasteiger partial charge in [-0.3, -0.25) is 4.79 Å². The van der Waals surface area contributed by atoms with E-state index in [1.807, 2.05) is 7.05 Å². The summed E-state index contributed by atoms with van der Waals surface area (Å²) in [4.78, 5) is 13.6. The number of amides is 1. The number of hydrogen-bond donors (Lipinski definition) is 0. The van der Waals surface area contributed by atoms with Crippen molar-refractivity contribution in [3.8, 4) is 0 Å². The first-order valence-electron chi connectivity index (χ1n) is 5.41. The van der Waals surface area contributed by atoms with Crippen molar-refractivity contribution < 1.29 is 4.79 Å². The molecule has 15 heavy (non-hydrogen) atoms. The Morgan fingerprint density at radius 1 is 1.20 bits per heavy atom. The minimum atomic E-state index is -0.131. The molecule has 0 aromatic carbocycles. The molecule has 0 spiro atoms. The van der Waals surface area contributed by atoms with Crippen LogP contribution in [0.15, 0.2) is 12.2 Å². The van der Waals surface area contributed by atoms with Crippen molar-refractivity contribution in [1.82, 2.24) is 4.90 Å². The van der Waals surface area contributed by atoms with E-state index in [4.69, 9.17) is 0 Å². The minimum absolute atomic E-state index is 0.0317. The number of carbonyl (C=O) groups excluding carboxylic acids is 1. The van der Waals surface area contributed by atoms with E-state index in [0.29, 0.717) is 5.57 Å². The van der Waals surface area contributed by atoms with Crippen LogP contribution in [-0.4, -0.2) is 23.4 Å². The lowest BCUT2D eigenvalue weighted by Gasteiger charge is -2.40. The highest BCUT2D eigenvalue weighted by atomic mass is 16.2. The maximum Gasteiger partial charge on any atom is 0.249 e. The molecule has 1 amide bonds. The fourth-order valence-electron chi connectivity index (χ4n) is 1.98. The zero-order chi connectivity index (χ0) is 12.4. The third-order valence-corrected chi connectivity index (χ3v) is 2.54. The van der Waals surface area contributed by atoms with Crippen molar-refractivity contribution in [3.63, 3.8) is 0 Å². The maximum absolute atomic E-state index is 11.8. The summed E-state index contributed by atoms with van der Waals surface area (Å²) < 4.78 is 0. The summed E-state index contributed by atoms with van der Waals surface area (Å²) in [6.45, 7) is 16.2. The largest absolute Gasteiger partial charge is 0.337 e. The molecule has 0 atom stereocenters. The number of carbonyl (C=O) groups is 1. The topological polar surface area (TPSA) is 20.3 Å². The quantitative estimate of drug-likeness (QED) is 0.656. The van der Waals surface area contributed by atoms with Crippen molar-refractivity contribution in [1.29, 1.82) is 0 Å². The molecule has 0 heterocycles. The molecule has 0 aliphatic heterocycles. The van der Waals surface area contributed by atoms with Crippen molar-refractivity contribution in [3.05, 3.63) is 12.2 Å². The molecule has 2 heteroatoms. The Hall–Kier alpha value is -0.790. The molecule has 0 aromatic heterocycles. The van der Waals surface area contributed by atoms with E-state index in [1.54, 1.807) is 11.8 Å². The Balaban J connectivity index is 4.73. The van der Waals surface area contributed by atoms with Crippen molar-refractivity contribution in [2.45, 2.75) is 53.5 Å². The molecule has 0 aliphatic carbocycles. The monoisotopic (exact) mass is 211 g/mol. The van der Waals surface area contributed by atoms with Crippen molar-refractivity contribution in [2.24, 2.45) is 5.41 Å². The predicted molar refractivity (Wildman–Crippen MR) is 65.7 cm³/mol. The summed E-state index contributed by atoms with van der Waals surface area (Å²) in [6.07, 6.45) is 0.968. The van der Waals surface area contributed by atoms with Gasteiger partial charge in [0.1, 0.15) is 0 Å². The van der Waals surface area contributed by atoms with Crippen LogP contribution in [0.3, 0.4) is 0 Å². The highest BCUT2D eigenvalue weighted by Crippen LogP contribution is 2.30. The molecular formula is C13H25NO. The number of rotatable bonds is 3. The van der Waals surface area contributed by atoms with Gasteiger partial charge in [0, 0.05) is 18.2 Å². The summed E-state index contributed by atoms with van der Waals surface area (Å²) in [5, 5.41) is 0. The Bertz CT molecular complexity index is 258. The molecule has 0 aliphatic rings. The Morgan fingerprint density at radius 3 is 1.87 bits per heavy atom. The van der Waals surface area contributed by atoms with Crippen LogP contribution in [0.4, 0.5) is 0 Å². The van der Waals surface area contributed by atoms with E-state index in [2.05, 4.69) is 41.2 Å². The fraction of sp³-hybridized carbons (Fsp3) is 0.769. The van der Waals surface area contributed by atoms with Crippen LogP contribution in [0.1, 0.15) is 48.0 Å². The van der Waals surface area contributed by atoms with Gasteiger partial charge in [0.05, 0.1) is 0 Å². The molecule has 0 saturated carbocycles. The molecular weight excluding hydrogens is 186 g/mol. The van der Waals surface area contributed by atoms with Gasteiger partial charge in [-0.25, -0.2) is 0 Å². The van der Waals surface area contributed by atoms with Crippen LogP contribution in [0.2, 0.25) is 0 Å². The maximum atomic E-state index is 11.8. The second-order valence-corrected chi connectivity index (χ2v) is 6.19. The summed E-state index contributed by atoms with van der Waals surface area (Å²) in [5.74, 6) is 0.0317. The first-order valence-corrected chi connectivity index (χ1v) is 5.41. The lowest BCUT2D eigenvalue weighted by Crippen LogP contribution is -2.47. The van der Waals surface area contributed by atoms with Gasteiger partial charge in [0.25, 0.3) is 0 Å². The number of likely N-dealkylation sites (N-methyl/N-ethyl adjacent to an activating group) is 1. The average Bonchev–Trinajstić information content (AvgIpc) is 1.96. The Kier molecular flexibility index (Phi) is 4.15. The van der Waals surface area contributed by atoms with Crippen molar-refractivity contribution >= 4 is 5.91 Å². The predicted octanol–water partition coefficient (Wildman–Crippen LogP) is 3.24. The van der Waals surface area contributed by atoms with Gasteiger partial charge < -0.3 is 4.90 Å². The van der Waals surface area contributed by atoms with Crippen LogP contribution in [-0.2, 0) is 4.79 Å². The van der Waals surface area contributed by atoms with Gasteiger partial charge in [-0.05, 0) is 32.6 Å². The lowest BCUT2D eigenvalue weighted by atomic mass is 9.81. The van der Waals surface area contributed by atoms with E-state index in [9.17, 15) is 4.79 Å². The molecule has 0 fully saturated rings. The average molecular weight is 211 g/mol. The van der Waals surface area contributed by atoms with E-state index in [-0.39, 0.29) is 16.9 Å². The Labute approximate surface area is 94.4 Å². The highest BCUT2D eigenvalue weighted by Gasteiger charge is 2.32. The molecule has 88 valence electrons. The molecule has 0 radical (unpaired) electrons. The molecule has 0 bridgehead atoms. The smallest absolute Gasteiger partial charge is 0.249 e. The zero-order valence-electron chi connectivity index (χ0n) is 11.3. The van der Waals surface area contributed by atoms with Gasteiger partial charge in [0.2, 0.25) is 5.91 Å². The molecule has 0 N–H and O–H groups in total. The van der Waals surface area contributed by atoms with E-state index in [1.165, 1.54) is 0 Å². The van der Waals surface area contributed by atoms with E-state index in [0.717, 1.165) is 6.42 Å². The standard InChI is InChI=1S/C13H25NO/c1-10(2)11(15)14(8)13(6,7)9-12(3,4)5/h1,9H2,2-8H3. The van der Waals surface area contributed by atoms with Crippen molar-refractivity contribution in [2.75, 3.05) is 7.05 Å². The summed E-state index contributed by atoms with van der Waals surface area (Å²) >= 11 is 0. The van der Waals surface area contributed by atoms with Crippen LogP contribution in [0.5, 0.6) is 0 Å². The highest BCUT2D eigenvalue weighted by molar-refractivity contribution is 5.92. The normalized spacial score (nSPS) is 12.5. The van der Waals surface area contributed by atoms with E-state index >= 15 is 0 Å². The number of nitrogens with zero attached hydrogens (tertiary/aromatic N) is 1. The van der Waals surface area contributed by atoms with Crippen LogP contribution < -0.4 is 0 Å². The SMILES string of the molecule is C=C(C)C(=O)N(C)C(C)(C)CC(C)(C)C. The van der Waals surface area contributed by atoms with E-state index < -0.39 is 0 Å². The summed E-state index contributed by atoms with van der Waals surface area (Å²) in [6, 6.07) is 0. The first-order chi connectivity index (χ1) is 6.47. The minimum Gasteiger partial charge on any atom is -0.337 e. The third kappa shape index (κ3) is 4.50. The van der Waals surface area contributed by atoms with Crippen LogP contribution >= 0.6 is 0 Å². The summed E-state index contributed by atoms with van der Waals surface area (Å²) in [7, 11) is 1.85. The molecule has 0 unspecified atom stereocenters. The summed E-state index contributed by atoms with van der Waals surface area (Å²) in [5.41, 5.74) is 0.681. The van der Waals surface area contributed by atoms with Crippen LogP contribution in [0.25, 0.3) is 0 Å². The van der Waals surface area contributed by atoms with Gasteiger partial charge >= 0.3 is 0 Å². The fourth-order valence-corrected chi connectivity index (χ4v) is 1.98. The Morgan fingerprint density at radius 2 is 1.60 bits per heavy atom. The second-order valence-electron chi connectivity index (χ2n) is 6.19. The zero-order valence-corrected chi connectivity index (χ0v) is 11.3. The van der Waals surface area contributed by atoms with Gasteiger partial charge in [-0.15, -0.1) is 0 Å². The molecule has 2 nitrogen and oxygen atoms in total. The second kappa shape index (κ2) is 4.38. The third-order valence-electron chi connectivity index (χ3n) is 2.54. The van der Waals surface area contributed by atoms with Gasteiger partial charge in [-0.2, -0.15) is 0 Å². The molecule has 0 saturated heterocycles. The first kappa shape index (κ1) is 14.2. The van der Waals surface area contributed by atoms with Crippen LogP contribution in [0, 0.1) is 5.41 Å². The van der Waals surface area contributed by atoms with Gasteiger partial charge in [-0.1, -0.05) is 27.4 Å². The van der Waals surface area contributed by atoms with Gasteiger partial charge in [0.15, 0.2) is 0 Å². The molecule has 0 aromatic rings.